The van der Waals surface area contributed by atoms with Crippen LogP contribution in [0.3, 0.4) is 0 Å². The quantitative estimate of drug-likeness (QED) is 0.817. The van der Waals surface area contributed by atoms with Gasteiger partial charge >= 0.3 is 0 Å². The lowest BCUT2D eigenvalue weighted by Gasteiger charge is -2.30. The van der Waals surface area contributed by atoms with Gasteiger partial charge in [-0.3, -0.25) is 4.98 Å². The van der Waals surface area contributed by atoms with Crippen molar-refractivity contribution in [1.82, 2.24) is 4.98 Å². The molecule has 1 fully saturated rings. The highest BCUT2D eigenvalue weighted by Gasteiger charge is 2.23. The molecule has 110 valence electrons. The van der Waals surface area contributed by atoms with Crippen LogP contribution in [0.4, 0.5) is 0 Å². The van der Waals surface area contributed by atoms with Crippen LogP contribution >= 0.6 is 15.9 Å². The van der Waals surface area contributed by atoms with Gasteiger partial charge in [0.25, 0.3) is 0 Å². The number of benzene rings is 1. The summed E-state index contributed by atoms with van der Waals surface area (Å²) in [6.07, 6.45) is 3.84. The highest BCUT2D eigenvalue weighted by Crippen LogP contribution is 2.14. The van der Waals surface area contributed by atoms with Gasteiger partial charge in [-0.25, -0.2) is 0 Å². The van der Waals surface area contributed by atoms with E-state index >= 15 is 0 Å². The first-order chi connectivity index (χ1) is 10.3. The third-order valence-electron chi connectivity index (χ3n) is 4.24. The number of rotatable bonds is 4. The molecule has 0 amide bonds. The van der Waals surface area contributed by atoms with Crippen LogP contribution in [0.2, 0.25) is 0 Å². The molecule has 1 saturated heterocycles. The van der Waals surface area contributed by atoms with Crippen molar-refractivity contribution in [3.63, 3.8) is 0 Å². The van der Waals surface area contributed by atoms with Gasteiger partial charge in [0.2, 0.25) is 0 Å². The lowest BCUT2D eigenvalue weighted by atomic mass is 10.2. The maximum Gasteiger partial charge on any atom is 0.127 e. The Morgan fingerprint density at radius 2 is 1.62 bits per heavy atom. The van der Waals surface area contributed by atoms with Gasteiger partial charge < -0.3 is 9.80 Å². The molecular formula is C17H22BrN3+2. The second-order valence-corrected chi connectivity index (χ2v) is 6.66. The van der Waals surface area contributed by atoms with Crippen LogP contribution in [-0.4, -0.2) is 31.2 Å². The lowest BCUT2D eigenvalue weighted by molar-refractivity contribution is -1.02. The highest BCUT2D eigenvalue weighted by atomic mass is 79.9. The van der Waals surface area contributed by atoms with Crippen LogP contribution < -0.4 is 9.80 Å². The monoisotopic (exact) mass is 347 g/mol. The molecule has 4 heteroatoms. The second-order valence-electron chi connectivity index (χ2n) is 5.81. The average Bonchev–Trinajstić information content (AvgIpc) is 2.52. The van der Waals surface area contributed by atoms with E-state index in [4.69, 9.17) is 0 Å². The fourth-order valence-electron chi connectivity index (χ4n) is 3.01. The molecule has 0 spiro atoms. The van der Waals surface area contributed by atoms with E-state index in [1.807, 2.05) is 18.5 Å². The zero-order valence-electron chi connectivity index (χ0n) is 12.2. The van der Waals surface area contributed by atoms with Gasteiger partial charge in [0.15, 0.2) is 0 Å². The van der Waals surface area contributed by atoms with Crippen molar-refractivity contribution in [1.29, 1.82) is 0 Å². The van der Waals surface area contributed by atoms with Crippen molar-refractivity contribution in [2.75, 3.05) is 26.2 Å². The molecule has 3 rings (SSSR count). The third-order valence-corrected chi connectivity index (χ3v) is 5.01. The van der Waals surface area contributed by atoms with E-state index in [0.717, 1.165) is 13.1 Å². The van der Waals surface area contributed by atoms with E-state index < -0.39 is 0 Å². The topological polar surface area (TPSA) is 21.8 Å². The van der Waals surface area contributed by atoms with Crippen molar-refractivity contribution < 1.29 is 9.80 Å². The minimum absolute atomic E-state index is 1.11. The van der Waals surface area contributed by atoms with Gasteiger partial charge in [0.1, 0.15) is 39.3 Å². The van der Waals surface area contributed by atoms with Crippen molar-refractivity contribution in [3.8, 4) is 0 Å². The van der Waals surface area contributed by atoms with Crippen molar-refractivity contribution in [2.24, 2.45) is 0 Å². The predicted octanol–water partition coefficient (Wildman–Crippen LogP) is 0.328. The number of hydrogen-bond acceptors (Lipinski definition) is 1. The molecule has 2 heterocycles. The SMILES string of the molecule is Brc1ccccc1C[NH+]1CC[NH+](Cc2cccnc2)CC1. The summed E-state index contributed by atoms with van der Waals surface area (Å²) in [5.41, 5.74) is 2.77. The molecule has 0 radical (unpaired) electrons. The van der Waals surface area contributed by atoms with Gasteiger partial charge in [-0.1, -0.05) is 40.2 Å². The van der Waals surface area contributed by atoms with Gasteiger partial charge in [-0.05, 0) is 12.1 Å². The second kappa shape index (κ2) is 7.16. The van der Waals surface area contributed by atoms with E-state index in [2.05, 4.69) is 51.2 Å². The molecule has 1 aliphatic heterocycles. The van der Waals surface area contributed by atoms with Gasteiger partial charge in [-0.15, -0.1) is 0 Å². The predicted molar refractivity (Wildman–Crippen MR) is 87.2 cm³/mol. The van der Waals surface area contributed by atoms with Crippen LogP contribution in [-0.2, 0) is 13.1 Å². The summed E-state index contributed by atoms with van der Waals surface area (Å²) in [5, 5.41) is 0. The largest absolute Gasteiger partial charge is 0.322 e. The molecular weight excluding hydrogens is 326 g/mol. The Bertz CT molecular complexity index is 565. The minimum atomic E-state index is 1.11. The number of hydrogen-bond donors (Lipinski definition) is 2. The molecule has 3 nitrogen and oxygen atoms in total. The van der Waals surface area contributed by atoms with Gasteiger partial charge in [-0.2, -0.15) is 0 Å². The van der Waals surface area contributed by atoms with Crippen molar-refractivity contribution in [2.45, 2.75) is 13.1 Å². The van der Waals surface area contributed by atoms with Crippen LogP contribution in [0.25, 0.3) is 0 Å². The van der Waals surface area contributed by atoms with Gasteiger partial charge in [0.05, 0.1) is 0 Å². The standard InChI is InChI=1S/C17H20BrN3/c18-17-6-2-1-5-16(17)14-21-10-8-20(9-11-21)13-15-4-3-7-19-12-15/h1-7,12H,8-11,13-14H2/p+2. The number of nitrogens with one attached hydrogen (secondary N) is 2. The number of nitrogens with zero attached hydrogens (tertiary/aromatic N) is 1. The molecule has 21 heavy (non-hydrogen) atoms. The summed E-state index contributed by atoms with van der Waals surface area (Å²) in [6.45, 7) is 7.22. The molecule has 0 aliphatic carbocycles. The average molecular weight is 348 g/mol. The third kappa shape index (κ3) is 4.13. The van der Waals surface area contributed by atoms with E-state index in [-0.39, 0.29) is 0 Å². The molecule has 0 unspecified atom stereocenters. The zero-order chi connectivity index (χ0) is 14.5. The maximum atomic E-state index is 4.21. The highest BCUT2D eigenvalue weighted by molar-refractivity contribution is 9.10. The van der Waals surface area contributed by atoms with E-state index in [1.165, 1.54) is 41.8 Å². The summed E-state index contributed by atoms with van der Waals surface area (Å²) < 4.78 is 1.24. The Hall–Kier alpha value is -1.23. The minimum Gasteiger partial charge on any atom is -0.322 e. The first kappa shape index (κ1) is 14.7. The zero-order valence-corrected chi connectivity index (χ0v) is 13.8. The molecule has 1 aromatic carbocycles. The molecule has 2 N–H and O–H groups in total. The molecule has 1 aliphatic rings. The van der Waals surface area contributed by atoms with Crippen molar-refractivity contribution in [3.05, 3.63) is 64.4 Å². The number of pyridine rings is 1. The molecule has 0 bridgehead atoms. The maximum absolute atomic E-state index is 4.21. The number of piperazine rings is 1. The van der Waals surface area contributed by atoms with Crippen LogP contribution in [0.1, 0.15) is 11.1 Å². The van der Waals surface area contributed by atoms with Crippen LogP contribution in [0.15, 0.2) is 53.3 Å². The summed E-state index contributed by atoms with van der Waals surface area (Å²) in [7, 11) is 0. The Balaban J connectivity index is 1.50. The lowest BCUT2D eigenvalue weighted by Crippen LogP contribution is -3.27. The van der Waals surface area contributed by atoms with E-state index in [0.29, 0.717) is 0 Å². The first-order valence-corrected chi connectivity index (χ1v) is 8.40. The van der Waals surface area contributed by atoms with Crippen LogP contribution in [0.5, 0.6) is 0 Å². The van der Waals surface area contributed by atoms with E-state index in [9.17, 15) is 0 Å². The van der Waals surface area contributed by atoms with Crippen molar-refractivity contribution >= 4 is 15.9 Å². The fraction of sp³-hybridized carbons (Fsp3) is 0.353. The Kier molecular flexibility index (Phi) is 5.01. The summed E-state index contributed by atoms with van der Waals surface area (Å²) in [5.74, 6) is 0. The molecule has 0 atom stereocenters. The Labute approximate surface area is 134 Å². The van der Waals surface area contributed by atoms with Crippen LogP contribution in [0, 0.1) is 0 Å². The molecule has 0 saturated carbocycles. The summed E-state index contributed by atoms with van der Waals surface area (Å²) in [4.78, 5) is 7.58. The molecule has 1 aromatic heterocycles. The number of quaternary nitrogens is 2. The normalized spacial score (nSPS) is 22.1. The van der Waals surface area contributed by atoms with Gasteiger partial charge in [0, 0.05) is 28.0 Å². The Morgan fingerprint density at radius 1 is 0.905 bits per heavy atom. The Morgan fingerprint density at radius 3 is 2.29 bits per heavy atom. The fourth-order valence-corrected chi connectivity index (χ4v) is 3.44. The summed E-state index contributed by atoms with van der Waals surface area (Å²) in [6, 6.07) is 12.8. The number of halogens is 1. The number of aromatic nitrogens is 1. The smallest absolute Gasteiger partial charge is 0.127 e. The first-order valence-electron chi connectivity index (χ1n) is 7.61. The summed E-state index contributed by atoms with van der Waals surface area (Å²) >= 11 is 3.65. The van der Waals surface area contributed by atoms with E-state index in [1.54, 1.807) is 9.80 Å². The molecule has 2 aromatic rings.